The van der Waals surface area contributed by atoms with Crippen molar-refractivity contribution in [3.8, 4) is 0 Å². The van der Waals surface area contributed by atoms with E-state index < -0.39 is 0 Å². The fraction of sp³-hybridized carbons (Fsp3) is 1.00. The van der Waals surface area contributed by atoms with Crippen LogP contribution in [-0.2, 0) is 0 Å². The first kappa shape index (κ1) is 9.09. The van der Waals surface area contributed by atoms with Gasteiger partial charge in [0.25, 0.3) is 0 Å². The molecule has 0 fully saturated rings. The minimum atomic E-state index is 0.795. The van der Waals surface area contributed by atoms with Gasteiger partial charge < -0.3 is 0 Å². The molecule has 0 aliphatic heterocycles. The van der Waals surface area contributed by atoms with Gasteiger partial charge in [-0.3, -0.25) is 0 Å². The van der Waals surface area contributed by atoms with Crippen LogP contribution < -0.4 is 0 Å². The molecule has 44 valence electrons. The topological polar surface area (TPSA) is 0 Å². The summed E-state index contributed by atoms with van der Waals surface area (Å²) in [5.74, 6) is 4.49. The Kier molecular flexibility index (Phi) is 10.5. The Balaban J connectivity index is 2.45. The van der Waals surface area contributed by atoms with Crippen molar-refractivity contribution in [1.82, 2.24) is 0 Å². The summed E-state index contributed by atoms with van der Waals surface area (Å²) >= 11 is 1.59. The monoisotopic (exact) mass is 286 g/mol. The Morgan fingerprint density at radius 1 is 1.00 bits per heavy atom. The third kappa shape index (κ3) is 8.09. The molecule has 0 aromatic carbocycles. The van der Waals surface area contributed by atoms with Crippen LogP contribution >= 0.6 is 28.2 Å². The molecule has 0 rings (SSSR count). The molecule has 5 heteroatoms. The Bertz CT molecular complexity index is 30.1. The van der Waals surface area contributed by atoms with Crippen LogP contribution in [0.1, 0.15) is 0 Å². The fourth-order valence-corrected chi connectivity index (χ4v) is 16.1. The average Bonchev–Trinajstić information content (AvgIpc) is 1.69. The third-order valence-electron chi connectivity index (χ3n) is 0.192. The van der Waals surface area contributed by atoms with Crippen molar-refractivity contribution in [3.05, 3.63) is 0 Å². The molecule has 0 unspecified atom stereocenters. The Morgan fingerprint density at radius 3 is 1.71 bits per heavy atom. The van der Waals surface area contributed by atoms with Gasteiger partial charge in [-0.2, -0.15) is 0 Å². The zero-order chi connectivity index (χ0) is 5.54. The first-order chi connectivity index (χ1) is 3.41. The summed E-state index contributed by atoms with van der Waals surface area (Å²) in [5, 5.41) is 0. The molecule has 0 amide bonds. The molecule has 0 nitrogen and oxygen atoms in total. The van der Waals surface area contributed by atoms with E-state index in [4.69, 9.17) is 0 Å². The number of hydrogen-bond acceptors (Lipinski definition) is 3. The van der Waals surface area contributed by atoms with Crippen LogP contribution in [0.3, 0.4) is 0 Å². The van der Waals surface area contributed by atoms with Crippen molar-refractivity contribution in [2.24, 2.45) is 0 Å². The van der Waals surface area contributed by atoms with Crippen molar-refractivity contribution in [1.29, 1.82) is 0 Å². The molecular formula is C2H6S3Se2. The van der Waals surface area contributed by atoms with Crippen molar-refractivity contribution in [2.45, 2.75) is 11.6 Å². The number of hydrogen-bond donors (Lipinski definition) is 0. The zero-order valence-corrected chi connectivity index (χ0v) is 9.92. The van der Waals surface area contributed by atoms with E-state index in [1.54, 1.807) is 0 Å². The molecule has 7 heavy (non-hydrogen) atoms. The summed E-state index contributed by atoms with van der Waals surface area (Å²) in [4.78, 5) is 0. The van der Waals surface area contributed by atoms with Gasteiger partial charge in [0.15, 0.2) is 0 Å². The molecule has 0 aromatic rings. The van der Waals surface area contributed by atoms with E-state index in [0.29, 0.717) is 0 Å². The molecule has 0 atom stereocenters. The zero-order valence-electron chi connectivity index (χ0n) is 4.04. The normalized spacial score (nSPS) is 9.43. The predicted molar refractivity (Wildman–Crippen MR) is 46.0 cm³/mol. The predicted octanol–water partition coefficient (Wildman–Crippen LogP) is 2.35. The van der Waals surface area contributed by atoms with Crippen LogP contribution in [0, 0.1) is 0 Å². The van der Waals surface area contributed by atoms with Gasteiger partial charge in [-0.25, -0.2) is 0 Å². The quantitative estimate of drug-likeness (QED) is 0.442. The van der Waals surface area contributed by atoms with Gasteiger partial charge in [0.2, 0.25) is 0 Å². The third-order valence-corrected chi connectivity index (χ3v) is 14.2. The Morgan fingerprint density at radius 2 is 1.43 bits per heavy atom. The van der Waals surface area contributed by atoms with Crippen molar-refractivity contribution >= 4 is 55.9 Å². The van der Waals surface area contributed by atoms with E-state index in [-0.39, 0.29) is 0 Å². The Hall–Kier alpha value is 2.09. The SMILES string of the molecule is C[Se]SSS[Se]C. The van der Waals surface area contributed by atoms with Gasteiger partial charge in [0, 0.05) is 0 Å². The summed E-state index contributed by atoms with van der Waals surface area (Å²) in [6.07, 6.45) is 0. The maximum atomic E-state index is 2.24. The molecule has 0 radical (unpaired) electrons. The minimum absolute atomic E-state index is 0.795. The van der Waals surface area contributed by atoms with Crippen LogP contribution in [0.15, 0.2) is 0 Å². The van der Waals surface area contributed by atoms with Gasteiger partial charge in [0.05, 0.1) is 0 Å². The summed E-state index contributed by atoms with van der Waals surface area (Å²) in [5.41, 5.74) is 0. The van der Waals surface area contributed by atoms with Crippen LogP contribution in [0.5, 0.6) is 0 Å². The molecule has 0 spiro atoms. The maximum absolute atomic E-state index is 2.24. The van der Waals surface area contributed by atoms with Gasteiger partial charge in [-0.05, 0) is 0 Å². The molecule has 0 N–H and O–H groups in total. The summed E-state index contributed by atoms with van der Waals surface area (Å²) in [7, 11) is 5.92. The van der Waals surface area contributed by atoms with Crippen molar-refractivity contribution in [2.75, 3.05) is 0 Å². The van der Waals surface area contributed by atoms with E-state index in [1.807, 2.05) is 28.2 Å². The van der Waals surface area contributed by atoms with Gasteiger partial charge in [-0.1, -0.05) is 0 Å². The molecule has 0 aliphatic rings. The van der Waals surface area contributed by atoms with Crippen LogP contribution in [-0.4, -0.2) is 27.7 Å². The van der Waals surface area contributed by atoms with Gasteiger partial charge in [-0.15, -0.1) is 0 Å². The van der Waals surface area contributed by atoms with Gasteiger partial charge in [0.1, 0.15) is 0 Å². The van der Waals surface area contributed by atoms with E-state index in [2.05, 4.69) is 11.6 Å². The summed E-state index contributed by atoms with van der Waals surface area (Å²) in [6, 6.07) is 0. The second kappa shape index (κ2) is 8.09. The van der Waals surface area contributed by atoms with Crippen LogP contribution in [0.2, 0.25) is 11.6 Å². The average molecular weight is 284 g/mol. The standard InChI is InChI=1S/C2H6S3Se2/c1-6-4-3-5-7-2/h1-2H3. The first-order valence-electron chi connectivity index (χ1n) is 1.48. The molecule has 0 heterocycles. The molecule has 0 saturated heterocycles. The van der Waals surface area contributed by atoms with Crippen molar-refractivity contribution < 1.29 is 0 Å². The molecule has 0 aromatic heterocycles. The van der Waals surface area contributed by atoms with Crippen LogP contribution in [0.4, 0.5) is 0 Å². The second-order valence-corrected chi connectivity index (χ2v) is 13.4. The summed E-state index contributed by atoms with van der Waals surface area (Å²) in [6.45, 7) is 0. The molecule has 0 saturated carbocycles. The molecular weight excluding hydrogens is 278 g/mol. The molecule has 0 bridgehead atoms. The Labute approximate surface area is 67.0 Å². The van der Waals surface area contributed by atoms with E-state index in [1.165, 1.54) is 0 Å². The van der Waals surface area contributed by atoms with Crippen LogP contribution in [0.25, 0.3) is 0 Å². The second-order valence-electron chi connectivity index (χ2n) is 0.537. The summed E-state index contributed by atoms with van der Waals surface area (Å²) < 4.78 is 0. The van der Waals surface area contributed by atoms with E-state index in [9.17, 15) is 0 Å². The molecule has 0 aliphatic carbocycles. The van der Waals surface area contributed by atoms with E-state index in [0.717, 1.165) is 27.7 Å². The van der Waals surface area contributed by atoms with E-state index >= 15 is 0 Å². The van der Waals surface area contributed by atoms with Gasteiger partial charge >= 0.3 is 67.6 Å². The fourth-order valence-electron chi connectivity index (χ4n) is 0.0669. The van der Waals surface area contributed by atoms with Crippen molar-refractivity contribution in [3.63, 3.8) is 0 Å². The number of rotatable bonds is 4. The first-order valence-corrected chi connectivity index (χ1v) is 12.4.